The van der Waals surface area contributed by atoms with Crippen LogP contribution in [0.4, 0.5) is 13.2 Å². The largest absolute Gasteiger partial charge is 0.389 e. The van der Waals surface area contributed by atoms with Gasteiger partial charge in [-0.1, -0.05) is 0 Å². The molecule has 8 heteroatoms. The molecular weight excluding hydrogens is 293 g/mol. The summed E-state index contributed by atoms with van der Waals surface area (Å²) >= 11 is 1.42. The lowest BCUT2D eigenvalue weighted by molar-refractivity contribution is -0.152. The van der Waals surface area contributed by atoms with Crippen LogP contribution in [-0.2, 0) is 9.59 Å². The number of thioether (sulfide) groups is 1. The predicted octanol–water partition coefficient (Wildman–Crippen LogP) is 1.85. The molecule has 2 heterocycles. The van der Waals surface area contributed by atoms with Crippen molar-refractivity contribution in [2.45, 2.75) is 37.9 Å². The second-order valence-corrected chi connectivity index (χ2v) is 6.03. The molecule has 0 radical (unpaired) electrons. The number of likely N-dealkylation sites (tertiary alicyclic amines) is 1. The van der Waals surface area contributed by atoms with E-state index in [0.717, 1.165) is 12.8 Å². The summed E-state index contributed by atoms with van der Waals surface area (Å²) < 4.78 is 36.5. The third kappa shape index (κ3) is 3.80. The van der Waals surface area contributed by atoms with Gasteiger partial charge < -0.3 is 9.80 Å². The maximum Gasteiger partial charge on any atom is 0.389 e. The predicted molar refractivity (Wildman–Crippen MR) is 69.1 cm³/mol. The number of nitrogens with zero attached hydrogens (tertiary/aromatic N) is 2. The van der Waals surface area contributed by atoms with Gasteiger partial charge in [-0.3, -0.25) is 9.59 Å². The lowest BCUT2D eigenvalue weighted by Gasteiger charge is -2.27. The highest BCUT2D eigenvalue weighted by molar-refractivity contribution is 7.99. The van der Waals surface area contributed by atoms with Crippen molar-refractivity contribution in [1.29, 1.82) is 0 Å². The fraction of sp³-hybridized carbons (Fsp3) is 0.833. The summed E-state index contributed by atoms with van der Waals surface area (Å²) in [7, 11) is 0. The molecule has 0 aromatic carbocycles. The molecule has 2 fully saturated rings. The van der Waals surface area contributed by atoms with Crippen molar-refractivity contribution in [2.75, 3.05) is 24.7 Å². The topological polar surface area (TPSA) is 40.6 Å². The fourth-order valence-corrected chi connectivity index (χ4v) is 3.61. The van der Waals surface area contributed by atoms with Gasteiger partial charge in [-0.2, -0.15) is 13.2 Å². The molecule has 2 saturated heterocycles. The average molecular weight is 310 g/mol. The zero-order valence-electron chi connectivity index (χ0n) is 11.0. The maximum absolute atomic E-state index is 12.3. The maximum atomic E-state index is 12.3. The summed E-state index contributed by atoms with van der Waals surface area (Å²) in [5, 5.41) is 0. The molecule has 2 aliphatic heterocycles. The first-order valence-electron chi connectivity index (χ1n) is 6.61. The summed E-state index contributed by atoms with van der Waals surface area (Å²) in [4.78, 5) is 27.1. The highest BCUT2D eigenvalue weighted by Gasteiger charge is 2.38. The van der Waals surface area contributed by atoms with Crippen molar-refractivity contribution in [1.82, 2.24) is 9.80 Å². The van der Waals surface area contributed by atoms with E-state index in [9.17, 15) is 22.8 Å². The third-order valence-electron chi connectivity index (χ3n) is 3.53. The minimum atomic E-state index is -4.34. The molecule has 0 bridgehead atoms. The second-order valence-electron chi connectivity index (χ2n) is 5.03. The quantitative estimate of drug-likeness (QED) is 0.799. The van der Waals surface area contributed by atoms with Crippen LogP contribution in [0.15, 0.2) is 0 Å². The first-order chi connectivity index (χ1) is 9.38. The Hall–Kier alpha value is -0.920. The van der Waals surface area contributed by atoms with Crippen molar-refractivity contribution in [3.05, 3.63) is 0 Å². The van der Waals surface area contributed by atoms with E-state index in [-0.39, 0.29) is 5.91 Å². The molecule has 0 saturated carbocycles. The van der Waals surface area contributed by atoms with Crippen LogP contribution in [0.25, 0.3) is 0 Å². The molecule has 2 aliphatic rings. The molecule has 1 atom stereocenters. The van der Waals surface area contributed by atoms with E-state index in [1.165, 1.54) is 16.7 Å². The van der Waals surface area contributed by atoms with Crippen molar-refractivity contribution < 1.29 is 22.8 Å². The summed E-state index contributed by atoms with van der Waals surface area (Å²) in [6.45, 7) is 1.37. The van der Waals surface area contributed by atoms with E-state index in [0.29, 0.717) is 24.7 Å². The Bertz CT molecular complexity index is 383. The zero-order valence-corrected chi connectivity index (χ0v) is 11.8. The fourth-order valence-electron chi connectivity index (χ4n) is 2.43. The van der Waals surface area contributed by atoms with Gasteiger partial charge >= 0.3 is 6.18 Å². The van der Waals surface area contributed by atoms with Gasteiger partial charge in [-0.25, -0.2) is 0 Å². The molecule has 2 amide bonds. The normalized spacial score (nSPS) is 23.4. The van der Waals surface area contributed by atoms with E-state index in [4.69, 9.17) is 0 Å². The Morgan fingerprint density at radius 1 is 1.20 bits per heavy atom. The van der Waals surface area contributed by atoms with E-state index in [1.54, 1.807) is 4.90 Å². The van der Waals surface area contributed by atoms with E-state index < -0.39 is 31.0 Å². The number of alkyl halides is 3. The summed E-state index contributed by atoms with van der Waals surface area (Å²) in [5.41, 5.74) is 0. The Morgan fingerprint density at radius 3 is 2.45 bits per heavy atom. The zero-order chi connectivity index (χ0) is 14.8. The van der Waals surface area contributed by atoms with E-state index >= 15 is 0 Å². The van der Waals surface area contributed by atoms with Crippen molar-refractivity contribution in [3.8, 4) is 0 Å². The average Bonchev–Trinajstić information content (AvgIpc) is 3.04. The van der Waals surface area contributed by atoms with Gasteiger partial charge in [0.1, 0.15) is 6.04 Å². The minimum Gasteiger partial charge on any atom is -0.341 e. The standard InChI is InChI=1S/C12H17F3N2O2S/c13-12(14,15)4-3-10(18)17-8-20-7-9(17)11(19)16-5-1-2-6-16/h9H,1-8H2. The van der Waals surface area contributed by atoms with Gasteiger partial charge in [-0.05, 0) is 12.8 Å². The first-order valence-corrected chi connectivity index (χ1v) is 7.77. The molecule has 2 rings (SSSR count). The van der Waals surface area contributed by atoms with Crippen LogP contribution < -0.4 is 0 Å². The molecule has 20 heavy (non-hydrogen) atoms. The number of hydrogen-bond acceptors (Lipinski definition) is 3. The van der Waals surface area contributed by atoms with Crippen molar-refractivity contribution >= 4 is 23.6 Å². The van der Waals surface area contributed by atoms with E-state index in [1.807, 2.05) is 0 Å². The van der Waals surface area contributed by atoms with E-state index in [2.05, 4.69) is 0 Å². The number of rotatable bonds is 3. The summed E-state index contributed by atoms with van der Waals surface area (Å²) in [5.74, 6) is 0.0892. The number of carbonyl (C=O) groups excluding carboxylic acids is 2. The van der Waals surface area contributed by atoms with Crippen molar-refractivity contribution in [3.63, 3.8) is 0 Å². The van der Waals surface area contributed by atoms with Crippen LogP contribution >= 0.6 is 11.8 Å². The molecule has 4 nitrogen and oxygen atoms in total. The number of hydrogen-bond donors (Lipinski definition) is 0. The summed E-state index contributed by atoms with van der Waals surface area (Å²) in [6, 6.07) is -0.584. The SMILES string of the molecule is O=C(C1CSCN1C(=O)CCC(F)(F)F)N1CCCC1. The molecule has 0 aromatic rings. The Labute approximate surface area is 119 Å². The number of halogens is 3. The molecule has 114 valence electrons. The number of carbonyl (C=O) groups is 2. The summed E-state index contributed by atoms with van der Waals surface area (Å²) in [6.07, 6.45) is -4.14. The van der Waals surface area contributed by atoms with Gasteiger partial charge in [-0.15, -0.1) is 11.8 Å². The monoisotopic (exact) mass is 310 g/mol. The highest BCUT2D eigenvalue weighted by atomic mass is 32.2. The number of amides is 2. The van der Waals surface area contributed by atoms with Crippen LogP contribution in [0.5, 0.6) is 0 Å². The Kier molecular flexibility index (Phi) is 4.82. The lowest BCUT2D eigenvalue weighted by atomic mass is 10.2. The van der Waals surface area contributed by atoms with Gasteiger partial charge in [0.2, 0.25) is 11.8 Å². The van der Waals surface area contributed by atoms with Gasteiger partial charge in [0, 0.05) is 25.3 Å². The van der Waals surface area contributed by atoms with Crippen LogP contribution in [0.2, 0.25) is 0 Å². The lowest BCUT2D eigenvalue weighted by Crippen LogP contribution is -2.48. The highest BCUT2D eigenvalue weighted by Crippen LogP contribution is 2.27. The molecule has 0 aliphatic carbocycles. The third-order valence-corrected chi connectivity index (χ3v) is 4.54. The molecule has 1 unspecified atom stereocenters. The molecule has 0 N–H and O–H groups in total. The van der Waals surface area contributed by atoms with Crippen LogP contribution in [0, 0.1) is 0 Å². The van der Waals surface area contributed by atoms with Crippen LogP contribution in [0.1, 0.15) is 25.7 Å². The first kappa shape index (κ1) is 15.5. The van der Waals surface area contributed by atoms with Crippen molar-refractivity contribution in [2.24, 2.45) is 0 Å². The minimum absolute atomic E-state index is 0.118. The smallest absolute Gasteiger partial charge is 0.341 e. The molecule has 0 aromatic heterocycles. The Morgan fingerprint density at radius 2 is 1.85 bits per heavy atom. The van der Waals surface area contributed by atoms with Gasteiger partial charge in [0.15, 0.2) is 0 Å². The van der Waals surface area contributed by atoms with Crippen LogP contribution in [-0.4, -0.2) is 58.6 Å². The van der Waals surface area contributed by atoms with Crippen LogP contribution in [0.3, 0.4) is 0 Å². The molecular formula is C12H17F3N2O2S. The van der Waals surface area contributed by atoms with Gasteiger partial charge in [0.05, 0.1) is 12.3 Å². The second kappa shape index (κ2) is 6.24. The van der Waals surface area contributed by atoms with Gasteiger partial charge in [0.25, 0.3) is 0 Å². The molecule has 0 spiro atoms. The Balaban J connectivity index is 1.92.